The maximum absolute atomic E-state index is 12.2. The molecule has 3 heterocycles. The quantitative estimate of drug-likeness (QED) is 0.440. The first-order valence-electron chi connectivity index (χ1n) is 10.2. The van der Waals surface area contributed by atoms with E-state index in [1.807, 2.05) is 30.3 Å². The fourth-order valence-corrected chi connectivity index (χ4v) is 4.06. The van der Waals surface area contributed by atoms with Crippen LogP contribution in [0.15, 0.2) is 34.9 Å². The molecule has 1 aliphatic heterocycles. The van der Waals surface area contributed by atoms with E-state index in [4.69, 9.17) is 4.52 Å². The first kappa shape index (κ1) is 24.0. The Kier molecular flexibility index (Phi) is 8.61. The molecule has 0 aliphatic carbocycles. The summed E-state index contributed by atoms with van der Waals surface area (Å²) in [5, 5.41) is 13.2. The second-order valence-corrected chi connectivity index (χ2v) is 7.97. The SMILES string of the molecule is CNC(=O)c1nc([C@H]2CCCN2)sc1NC(=O)c1noc(C)n1.O=COCc1ccccc1. The average molecular weight is 473 g/mol. The number of nitrogens with zero attached hydrogens (tertiary/aromatic N) is 3. The smallest absolute Gasteiger partial charge is 0.297 e. The maximum Gasteiger partial charge on any atom is 0.297 e. The van der Waals surface area contributed by atoms with Gasteiger partial charge in [-0.2, -0.15) is 4.98 Å². The second kappa shape index (κ2) is 11.8. The Morgan fingerprint density at radius 3 is 2.67 bits per heavy atom. The van der Waals surface area contributed by atoms with E-state index in [9.17, 15) is 14.4 Å². The van der Waals surface area contributed by atoms with E-state index in [0.717, 1.165) is 30.0 Å². The van der Waals surface area contributed by atoms with Crippen molar-refractivity contribution >= 4 is 34.6 Å². The summed E-state index contributed by atoms with van der Waals surface area (Å²) in [4.78, 5) is 42.2. The van der Waals surface area contributed by atoms with Crippen molar-refractivity contribution in [3.8, 4) is 0 Å². The number of carbonyl (C=O) groups excluding carboxylic acids is 3. The van der Waals surface area contributed by atoms with E-state index in [1.165, 1.54) is 18.4 Å². The van der Waals surface area contributed by atoms with Crippen LogP contribution >= 0.6 is 11.3 Å². The molecule has 0 spiro atoms. The van der Waals surface area contributed by atoms with Gasteiger partial charge in [-0.3, -0.25) is 14.4 Å². The molecule has 1 aliphatic rings. The third kappa shape index (κ3) is 6.67. The number of aromatic nitrogens is 3. The van der Waals surface area contributed by atoms with Gasteiger partial charge in [0.15, 0.2) is 5.69 Å². The Morgan fingerprint density at radius 1 is 1.27 bits per heavy atom. The lowest BCUT2D eigenvalue weighted by atomic mass is 10.2. The molecule has 1 fully saturated rings. The van der Waals surface area contributed by atoms with Gasteiger partial charge in [0.05, 0.1) is 6.04 Å². The topological polar surface area (TPSA) is 148 Å². The van der Waals surface area contributed by atoms with E-state index in [1.54, 1.807) is 6.92 Å². The number of anilines is 1. The van der Waals surface area contributed by atoms with Crippen molar-refractivity contribution in [1.29, 1.82) is 0 Å². The van der Waals surface area contributed by atoms with Crippen LogP contribution in [0.1, 0.15) is 56.5 Å². The number of thiazole rings is 1. The van der Waals surface area contributed by atoms with Gasteiger partial charge in [-0.1, -0.05) is 46.8 Å². The molecular formula is C21H24N6O5S. The summed E-state index contributed by atoms with van der Waals surface area (Å²) in [6.07, 6.45) is 2.02. The maximum atomic E-state index is 12.2. The molecule has 12 heteroatoms. The lowest BCUT2D eigenvalue weighted by molar-refractivity contribution is -0.129. The third-order valence-electron chi connectivity index (χ3n) is 4.56. The van der Waals surface area contributed by atoms with E-state index < -0.39 is 5.91 Å². The lowest BCUT2D eigenvalue weighted by Crippen LogP contribution is -2.22. The van der Waals surface area contributed by atoms with Crippen LogP contribution in [0.4, 0.5) is 5.00 Å². The fourth-order valence-electron chi connectivity index (χ4n) is 2.99. The van der Waals surface area contributed by atoms with E-state index in [2.05, 4.69) is 35.8 Å². The van der Waals surface area contributed by atoms with Crippen molar-refractivity contribution in [2.75, 3.05) is 18.9 Å². The highest BCUT2D eigenvalue weighted by atomic mass is 32.1. The van der Waals surface area contributed by atoms with E-state index in [0.29, 0.717) is 24.0 Å². The largest absolute Gasteiger partial charge is 0.463 e. The number of ether oxygens (including phenoxy) is 1. The normalized spacial score (nSPS) is 14.7. The van der Waals surface area contributed by atoms with Gasteiger partial charge in [-0.05, 0) is 24.9 Å². The van der Waals surface area contributed by atoms with Gasteiger partial charge >= 0.3 is 0 Å². The number of hydrogen-bond donors (Lipinski definition) is 3. The molecular weight excluding hydrogens is 448 g/mol. The molecule has 0 saturated carbocycles. The van der Waals surface area contributed by atoms with Gasteiger partial charge < -0.3 is 25.2 Å². The van der Waals surface area contributed by atoms with Gasteiger partial charge in [-0.15, -0.1) is 0 Å². The minimum Gasteiger partial charge on any atom is -0.463 e. The summed E-state index contributed by atoms with van der Waals surface area (Å²) in [6, 6.07) is 9.66. The minimum atomic E-state index is -0.540. The molecule has 0 unspecified atom stereocenters. The molecule has 1 saturated heterocycles. The Labute approximate surface area is 193 Å². The number of rotatable bonds is 7. The average Bonchev–Trinajstić information content (AvgIpc) is 3.59. The minimum absolute atomic E-state index is 0.0840. The molecule has 1 aromatic carbocycles. The molecule has 2 amide bonds. The van der Waals surface area contributed by atoms with Gasteiger partial charge in [0.1, 0.15) is 16.6 Å². The number of nitrogens with one attached hydrogen (secondary N) is 3. The second-order valence-electron chi connectivity index (χ2n) is 6.94. The van der Waals surface area contributed by atoms with Crippen LogP contribution in [0.3, 0.4) is 0 Å². The van der Waals surface area contributed by atoms with Crippen molar-refractivity contribution in [3.05, 3.63) is 58.3 Å². The molecule has 2 aromatic heterocycles. The third-order valence-corrected chi connectivity index (χ3v) is 5.65. The number of benzene rings is 1. The summed E-state index contributed by atoms with van der Waals surface area (Å²) in [5.74, 6) is -0.687. The van der Waals surface area contributed by atoms with E-state index >= 15 is 0 Å². The van der Waals surface area contributed by atoms with Crippen LogP contribution < -0.4 is 16.0 Å². The van der Waals surface area contributed by atoms with Crippen LogP contribution in [0.5, 0.6) is 0 Å². The monoisotopic (exact) mass is 472 g/mol. The first-order valence-corrected chi connectivity index (χ1v) is 11.0. The lowest BCUT2D eigenvalue weighted by Gasteiger charge is -2.04. The summed E-state index contributed by atoms with van der Waals surface area (Å²) in [6.45, 7) is 3.33. The molecule has 1 atom stereocenters. The molecule has 33 heavy (non-hydrogen) atoms. The highest BCUT2D eigenvalue weighted by molar-refractivity contribution is 7.16. The zero-order valence-corrected chi connectivity index (χ0v) is 19.0. The van der Waals surface area contributed by atoms with Crippen LogP contribution in [0.2, 0.25) is 0 Å². The molecule has 0 bridgehead atoms. The van der Waals surface area contributed by atoms with Crippen molar-refractivity contribution < 1.29 is 23.6 Å². The highest BCUT2D eigenvalue weighted by Crippen LogP contribution is 2.32. The zero-order chi connectivity index (χ0) is 23.6. The van der Waals surface area contributed by atoms with Crippen LogP contribution in [0.25, 0.3) is 0 Å². The fraction of sp³-hybridized carbons (Fsp3) is 0.333. The zero-order valence-electron chi connectivity index (χ0n) is 18.2. The Morgan fingerprint density at radius 2 is 2.06 bits per heavy atom. The number of aryl methyl sites for hydroxylation is 1. The Hall–Kier alpha value is -3.64. The van der Waals surface area contributed by atoms with E-state index in [-0.39, 0.29) is 23.5 Å². The van der Waals surface area contributed by atoms with Crippen LogP contribution in [-0.4, -0.2) is 47.0 Å². The summed E-state index contributed by atoms with van der Waals surface area (Å²) >= 11 is 1.28. The molecule has 0 radical (unpaired) electrons. The van der Waals surface area contributed by atoms with Gasteiger partial charge in [0.2, 0.25) is 5.89 Å². The van der Waals surface area contributed by atoms with Gasteiger partial charge in [0.25, 0.3) is 24.1 Å². The summed E-state index contributed by atoms with van der Waals surface area (Å²) in [5.41, 5.74) is 1.20. The first-order chi connectivity index (χ1) is 16.0. The molecule has 4 rings (SSSR count). The molecule has 11 nitrogen and oxygen atoms in total. The number of carbonyl (C=O) groups is 3. The van der Waals surface area contributed by atoms with Crippen molar-refractivity contribution in [1.82, 2.24) is 25.8 Å². The molecule has 174 valence electrons. The number of amides is 2. The standard InChI is InChI=1S/C13H16N6O3S.C8H8O2/c1-6-16-9(19-22-6)11(21)18-13-8(10(20)14-2)17-12(23-13)7-4-3-5-15-7;9-7-10-6-8-4-2-1-3-5-8/h7,15H,3-5H2,1-2H3,(H,14,20)(H,18,21);1-5,7H,6H2/t7-;/m1./s1. The summed E-state index contributed by atoms with van der Waals surface area (Å²) < 4.78 is 9.32. The van der Waals surface area contributed by atoms with Crippen molar-refractivity contribution in [2.45, 2.75) is 32.4 Å². The predicted octanol–water partition coefficient (Wildman–Crippen LogP) is 2.23. The van der Waals surface area contributed by atoms with Crippen molar-refractivity contribution in [2.24, 2.45) is 0 Å². The molecule has 3 N–H and O–H groups in total. The summed E-state index contributed by atoms with van der Waals surface area (Å²) in [7, 11) is 1.52. The van der Waals surface area contributed by atoms with Crippen molar-refractivity contribution in [3.63, 3.8) is 0 Å². The van der Waals surface area contributed by atoms with Crippen LogP contribution in [0, 0.1) is 6.92 Å². The van der Waals surface area contributed by atoms with Crippen LogP contribution in [-0.2, 0) is 16.1 Å². The predicted molar refractivity (Wildman–Crippen MR) is 120 cm³/mol. The van der Waals surface area contributed by atoms with Gasteiger partial charge in [0, 0.05) is 14.0 Å². The number of hydrogen-bond acceptors (Lipinski definition) is 10. The Bertz CT molecular complexity index is 1080. The molecule has 3 aromatic rings. The Balaban J connectivity index is 0.000000257. The highest BCUT2D eigenvalue weighted by Gasteiger charge is 2.26. The van der Waals surface area contributed by atoms with Gasteiger partial charge in [-0.25, -0.2) is 4.98 Å².